The summed E-state index contributed by atoms with van der Waals surface area (Å²) in [5, 5.41) is 3.61. The second-order valence-electron chi connectivity index (χ2n) is 7.65. The summed E-state index contributed by atoms with van der Waals surface area (Å²) in [6.07, 6.45) is 0.320. The van der Waals surface area contributed by atoms with Crippen molar-refractivity contribution < 1.29 is 19.1 Å². The third-order valence-corrected chi connectivity index (χ3v) is 6.71. The van der Waals surface area contributed by atoms with E-state index < -0.39 is 17.5 Å². The molecular weight excluding hydrogens is 416 g/mol. The third kappa shape index (κ3) is 3.21. The van der Waals surface area contributed by atoms with Crippen LogP contribution in [0.5, 0.6) is 5.75 Å². The summed E-state index contributed by atoms with van der Waals surface area (Å²) in [6.45, 7) is 0.294. The van der Waals surface area contributed by atoms with Crippen LogP contribution in [-0.4, -0.2) is 52.8 Å². The van der Waals surface area contributed by atoms with Gasteiger partial charge in [-0.25, -0.2) is 9.78 Å². The molecule has 3 aromatic rings. The Hall–Kier alpha value is -3.46. The number of nitrogens with zero attached hydrogens (tertiary/aromatic N) is 3. The van der Waals surface area contributed by atoms with Crippen LogP contribution in [0.3, 0.4) is 0 Å². The number of ether oxygens (including phenoxy) is 1. The predicted molar refractivity (Wildman–Crippen MR) is 115 cm³/mol. The average molecular weight is 436 g/mol. The zero-order valence-electron chi connectivity index (χ0n) is 16.8. The summed E-state index contributed by atoms with van der Waals surface area (Å²) in [4.78, 5) is 45.8. The molecule has 31 heavy (non-hydrogen) atoms. The number of urea groups is 1. The molecule has 1 atom stereocenters. The fraction of sp³-hybridized carbons (Fsp3) is 0.273. The normalized spacial score (nSPS) is 20.0. The summed E-state index contributed by atoms with van der Waals surface area (Å²) in [5.74, 6) is -0.182. The maximum absolute atomic E-state index is 13.3. The smallest absolute Gasteiger partial charge is 0.325 e. The quantitative estimate of drug-likeness (QED) is 0.635. The number of imide groups is 1. The van der Waals surface area contributed by atoms with Gasteiger partial charge in [0.15, 0.2) is 5.54 Å². The number of carbonyl (C=O) groups is 3. The van der Waals surface area contributed by atoms with Gasteiger partial charge in [-0.2, -0.15) is 0 Å². The van der Waals surface area contributed by atoms with Gasteiger partial charge in [0.1, 0.15) is 17.3 Å². The Kier molecular flexibility index (Phi) is 4.62. The third-order valence-electron chi connectivity index (χ3n) is 5.69. The minimum Gasteiger partial charge on any atom is -0.493 e. The Balaban J connectivity index is 1.32. The van der Waals surface area contributed by atoms with Gasteiger partial charge in [-0.05, 0) is 18.2 Å². The number of benzene rings is 2. The minimum atomic E-state index is -1.18. The molecule has 0 aliphatic carbocycles. The molecule has 3 heterocycles. The van der Waals surface area contributed by atoms with Crippen LogP contribution < -0.4 is 10.1 Å². The molecule has 0 bridgehead atoms. The van der Waals surface area contributed by atoms with Gasteiger partial charge >= 0.3 is 6.03 Å². The second-order valence-corrected chi connectivity index (χ2v) is 8.76. The Bertz CT molecular complexity index is 1180. The topological polar surface area (TPSA) is 91.8 Å². The van der Waals surface area contributed by atoms with Crippen LogP contribution in [0.2, 0.25) is 0 Å². The first-order valence-corrected chi connectivity index (χ1v) is 10.7. The molecular formula is C22H20N4O4S. The minimum absolute atomic E-state index is 0.308. The number of carbonyl (C=O) groups excluding carboxylic acids is 3. The largest absolute Gasteiger partial charge is 0.493 e. The van der Waals surface area contributed by atoms with Crippen molar-refractivity contribution >= 4 is 39.4 Å². The molecule has 1 aromatic heterocycles. The van der Waals surface area contributed by atoms with Crippen LogP contribution in [0, 0.1) is 0 Å². The first-order valence-electron chi connectivity index (χ1n) is 9.93. The van der Waals surface area contributed by atoms with E-state index in [-0.39, 0.29) is 12.5 Å². The van der Waals surface area contributed by atoms with Crippen molar-refractivity contribution in [3.63, 3.8) is 0 Å². The molecule has 4 amide bonds. The molecule has 8 nitrogen and oxygen atoms in total. The van der Waals surface area contributed by atoms with Gasteiger partial charge in [-0.15, -0.1) is 11.3 Å². The average Bonchev–Trinajstić information content (AvgIpc) is 3.28. The lowest BCUT2D eigenvalue weighted by atomic mass is 9.84. The lowest BCUT2D eigenvalue weighted by molar-refractivity contribution is -0.139. The van der Waals surface area contributed by atoms with Crippen molar-refractivity contribution in [2.24, 2.45) is 0 Å². The van der Waals surface area contributed by atoms with Crippen LogP contribution in [-0.2, 0) is 21.7 Å². The number of hydrogen-bond donors (Lipinski definition) is 1. The Labute approximate surface area is 182 Å². The van der Waals surface area contributed by atoms with Gasteiger partial charge < -0.3 is 15.0 Å². The molecule has 2 aliphatic heterocycles. The number of para-hydroxylation sites is 2. The zero-order valence-corrected chi connectivity index (χ0v) is 17.6. The Morgan fingerprint density at radius 1 is 1.23 bits per heavy atom. The maximum Gasteiger partial charge on any atom is 0.325 e. The maximum atomic E-state index is 13.3. The first kappa shape index (κ1) is 19.5. The summed E-state index contributed by atoms with van der Waals surface area (Å²) < 4.78 is 6.69. The van der Waals surface area contributed by atoms with Crippen molar-refractivity contribution in [2.45, 2.75) is 18.5 Å². The van der Waals surface area contributed by atoms with E-state index in [2.05, 4.69) is 10.3 Å². The van der Waals surface area contributed by atoms with E-state index >= 15 is 0 Å². The molecule has 2 aliphatic rings. The van der Waals surface area contributed by atoms with E-state index in [0.29, 0.717) is 30.9 Å². The van der Waals surface area contributed by atoms with Crippen LogP contribution >= 0.6 is 11.3 Å². The number of rotatable bonds is 4. The van der Waals surface area contributed by atoms with Crippen molar-refractivity contribution in [1.82, 2.24) is 20.1 Å². The van der Waals surface area contributed by atoms with Gasteiger partial charge in [0.2, 0.25) is 5.91 Å². The van der Waals surface area contributed by atoms with E-state index in [1.807, 2.05) is 30.3 Å². The summed E-state index contributed by atoms with van der Waals surface area (Å²) in [6, 6.07) is 14.4. The fourth-order valence-electron chi connectivity index (χ4n) is 4.05. The van der Waals surface area contributed by atoms with Crippen molar-refractivity contribution in [3.05, 3.63) is 59.1 Å². The molecule has 1 N–H and O–H groups in total. The molecule has 0 radical (unpaired) electrons. The van der Waals surface area contributed by atoms with Crippen LogP contribution in [0.15, 0.2) is 48.5 Å². The number of amides is 4. The highest BCUT2D eigenvalue weighted by molar-refractivity contribution is 7.18. The van der Waals surface area contributed by atoms with Gasteiger partial charge in [0.25, 0.3) is 5.91 Å². The first-order chi connectivity index (χ1) is 15.0. The number of fused-ring (bicyclic) bond motifs is 3. The summed E-state index contributed by atoms with van der Waals surface area (Å²) in [5.41, 5.74) is 0.326. The van der Waals surface area contributed by atoms with Crippen LogP contribution in [0.1, 0.15) is 17.0 Å². The molecule has 1 fully saturated rings. The number of aromatic nitrogens is 1. The molecule has 1 spiro atoms. The molecule has 9 heteroatoms. The van der Waals surface area contributed by atoms with Gasteiger partial charge in [-0.1, -0.05) is 30.3 Å². The monoisotopic (exact) mass is 436 g/mol. The predicted octanol–water partition coefficient (Wildman–Crippen LogP) is 2.48. The summed E-state index contributed by atoms with van der Waals surface area (Å²) >= 11 is 1.52. The van der Waals surface area contributed by atoms with Crippen molar-refractivity contribution in [2.75, 3.05) is 20.2 Å². The van der Waals surface area contributed by atoms with E-state index in [0.717, 1.165) is 20.1 Å². The highest BCUT2D eigenvalue weighted by Gasteiger charge is 2.55. The fourth-order valence-corrected chi connectivity index (χ4v) is 5.07. The van der Waals surface area contributed by atoms with Crippen molar-refractivity contribution in [3.8, 4) is 5.75 Å². The molecule has 2 aromatic carbocycles. The number of hydrogen-bond acceptors (Lipinski definition) is 6. The highest BCUT2D eigenvalue weighted by atomic mass is 32.1. The van der Waals surface area contributed by atoms with Gasteiger partial charge in [-0.3, -0.25) is 14.5 Å². The molecule has 0 saturated carbocycles. The molecule has 158 valence electrons. The van der Waals surface area contributed by atoms with Crippen LogP contribution in [0.4, 0.5) is 4.79 Å². The van der Waals surface area contributed by atoms with Crippen molar-refractivity contribution in [1.29, 1.82) is 0 Å². The SMILES string of the molecule is CN(Cc1nc2ccccc2s1)C(=O)CN1C(=O)N[C@@]2(CCOc3ccccc32)C1=O. The number of thiazole rings is 1. The summed E-state index contributed by atoms with van der Waals surface area (Å²) in [7, 11) is 1.65. The number of likely N-dealkylation sites (N-methyl/N-ethyl adjacent to an activating group) is 1. The molecule has 5 rings (SSSR count). The molecule has 1 saturated heterocycles. The van der Waals surface area contributed by atoms with Gasteiger partial charge in [0, 0.05) is 19.0 Å². The Morgan fingerprint density at radius 2 is 2.00 bits per heavy atom. The van der Waals surface area contributed by atoms with Gasteiger partial charge in [0.05, 0.1) is 23.4 Å². The lowest BCUT2D eigenvalue weighted by Crippen LogP contribution is -2.48. The van der Waals surface area contributed by atoms with E-state index in [9.17, 15) is 14.4 Å². The lowest BCUT2D eigenvalue weighted by Gasteiger charge is -2.33. The second kappa shape index (κ2) is 7.35. The zero-order chi connectivity index (χ0) is 21.6. The van der Waals surface area contributed by atoms with E-state index in [4.69, 9.17) is 4.74 Å². The Morgan fingerprint density at radius 3 is 2.84 bits per heavy atom. The highest BCUT2D eigenvalue weighted by Crippen LogP contribution is 2.40. The van der Waals surface area contributed by atoms with Crippen LogP contribution in [0.25, 0.3) is 10.2 Å². The number of nitrogens with one attached hydrogen (secondary N) is 1. The van der Waals surface area contributed by atoms with E-state index in [1.165, 1.54) is 16.2 Å². The molecule has 0 unspecified atom stereocenters. The van der Waals surface area contributed by atoms with E-state index in [1.54, 1.807) is 25.2 Å². The standard InChI is InChI=1S/C22H20N4O4S/c1-25(12-18-23-15-7-3-5-9-17(15)31-18)19(27)13-26-20(28)22(24-21(26)29)10-11-30-16-8-4-2-6-14(16)22/h2-9H,10-13H2,1H3,(H,24,29)/t22-/m1/s1.